The number of halogens is 2. The van der Waals surface area contributed by atoms with E-state index in [4.69, 9.17) is 21.1 Å². The number of anilines is 2. The smallest absolute Gasteiger partial charge is 0.254 e. The summed E-state index contributed by atoms with van der Waals surface area (Å²) in [6, 6.07) is 14.7. The number of nitriles is 1. The molecule has 40 heavy (non-hydrogen) atoms. The maximum absolute atomic E-state index is 14.4. The van der Waals surface area contributed by atoms with E-state index in [1.807, 2.05) is 18.2 Å². The van der Waals surface area contributed by atoms with Crippen molar-refractivity contribution in [3.8, 4) is 11.9 Å². The fourth-order valence-electron chi connectivity index (χ4n) is 4.95. The predicted molar refractivity (Wildman–Crippen MR) is 150 cm³/mol. The Morgan fingerprint density at radius 2 is 1.90 bits per heavy atom. The van der Waals surface area contributed by atoms with E-state index in [1.165, 1.54) is 0 Å². The van der Waals surface area contributed by atoms with E-state index in [0.717, 1.165) is 43.3 Å². The third-order valence-corrected chi connectivity index (χ3v) is 7.57. The number of ether oxygens (including phenoxy) is 2. The normalized spacial score (nSPS) is 20.2. The molecule has 1 saturated carbocycles. The molecular formula is C30H31ClFN5O3. The Labute approximate surface area is 237 Å². The molecule has 1 aliphatic heterocycles. The number of nitrogens with one attached hydrogen (secondary N) is 2. The van der Waals surface area contributed by atoms with Gasteiger partial charge < -0.3 is 20.1 Å². The van der Waals surface area contributed by atoms with Crippen molar-refractivity contribution >= 4 is 28.9 Å². The first-order valence-corrected chi connectivity index (χ1v) is 13.9. The van der Waals surface area contributed by atoms with Crippen molar-refractivity contribution in [1.82, 2.24) is 9.97 Å². The molecule has 1 aliphatic carbocycles. The van der Waals surface area contributed by atoms with Crippen molar-refractivity contribution in [2.45, 2.75) is 57.2 Å². The first-order valence-electron chi connectivity index (χ1n) is 13.6. The molecule has 1 aromatic heterocycles. The zero-order chi connectivity index (χ0) is 27.9. The summed E-state index contributed by atoms with van der Waals surface area (Å²) in [5, 5.41) is 16.2. The Morgan fingerprint density at radius 1 is 1.12 bits per heavy atom. The molecule has 1 amide bonds. The zero-order valence-corrected chi connectivity index (χ0v) is 22.8. The fraction of sp³-hybridized carbons (Fsp3) is 0.400. The summed E-state index contributed by atoms with van der Waals surface area (Å²) >= 11 is 5.95. The van der Waals surface area contributed by atoms with E-state index in [0.29, 0.717) is 54.3 Å². The number of rotatable bonds is 10. The lowest BCUT2D eigenvalue weighted by Gasteiger charge is -2.29. The molecule has 0 radical (unpaired) electrons. The third kappa shape index (κ3) is 7.46. The summed E-state index contributed by atoms with van der Waals surface area (Å²) in [6.45, 7) is 1.42. The summed E-state index contributed by atoms with van der Waals surface area (Å²) in [4.78, 5) is 21.3. The van der Waals surface area contributed by atoms with Crippen LogP contribution in [-0.2, 0) is 16.0 Å². The molecule has 2 aromatic carbocycles. The minimum Gasteiger partial charge on any atom is -0.472 e. The minimum atomic E-state index is -0.589. The molecule has 10 heteroatoms. The molecule has 5 rings (SSSR count). The number of hydrogen-bond acceptors (Lipinski definition) is 7. The highest BCUT2D eigenvalue weighted by atomic mass is 35.5. The van der Waals surface area contributed by atoms with E-state index >= 15 is 0 Å². The summed E-state index contributed by atoms with van der Waals surface area (Å²) in [7, 11) is 0. The number of aromatic nitrogens is 2. The molecule has 2 fully saturated rings. The second-order valence-electron chi connectivity index (χ2n) is 10.3. The van der Waals surface area contributed by atoms with E-state index in [9.17, 15) is 14.4 Å². The summed E-state index contributed by atoms with van der Waals surface area (Å²) in [6.07, 6.45) is 5.92. The molecule has 3 aromatic rings. The van der Waals surface area contributed by atoms with Crippen molar-refractivity contribution in [3.05, 3.63) is 76.5 Å². The standard InChI is InChI=1S/C30H31ClFN5O3/c31-22-6-1-19(2-7-22)14-28-35-18-25(32)30(37-28)40-23-8-3-20(4-9-23)15-29(38)36-27-13-21(16-33)5-10-26(27)34-17-24-11-12-39-24/h1-2,5-7,10,13,18,20,23-24,34H,3-4,8-9,11-12,14-15,17H2,(H,36,38). The lowest BCUT2D eigenvalue weighted by molar-refractivity contribution is -0.117. The molecule has 1 saturated heterocycles. The Balaban J connectivity index is 1.12. The van der Waals surface area contributed by atoms with Crippen LogP contribution in [0.3, 0.4) is 0 Å². The van der Waals surface area contributed by atoms with Crippen LogP contribution in [0.5, 0.6) is 5.88 Å². The second kappa shape index (κ2) is 13.1. The summed E-state index contributed by atoms with van der Waals surface area (Å²) < 4.78 is 25.8. The molecule has 1 unspecified atom stereocenters. The Bertz CT molecular complexity index is 1370. The highest BCUT2D eigenvalue weighted by molar-refractivity contribution is 6.30. The number of nitrogens with zero attached hydrogens (tertiary/aromatic N) is 3. The highest BCUT2D eigenvalue weighted by Gasteiger charge is 2.26. The topological polar surface area (TPSA) is 109 Å². The molecule has 1 atom stereocenters. The average molecular weight is 564 g/mol. The largest absolute Gasteiger partial charge is 0.472 e. The number of hydrogen-bond donors (Lipinski definition) is 2. The lowest BCUT2D eigenvalue weighted by atomic mass is 9.85. The van der Waals surface area contributed by atoms with E-state index in [-0.39, 0.29) is 29.9 Å². The molecule has 2 aliphatic rings. The first-order chi connectivity index (χ1) is 19.4. The average Bonchev–Trinajstić information content (AvgIpc) is 2.92. The van der Waals surface area contributed by atoms with Gasteiger partial charge in [0.1, 0.15) is 11.9 Å². The minimum absolute atomic E-state index is 0.0372. The number of carbonyl (C=O) groups excluding carboxylic acids is 1. The van der Waals surface area contributed by atoms with Gasteiger partial charge in [-0.15, -0.1) is 0 Å². The van der Waals surface area contributed by atoms with Gasteiger partial charge in [-0.1, -0.05) is 23.7 Å². The van der Waals surface area contributed by atoms with Crippen molar-refractivity contribution in [3.63, 3.8) is 0 Å². The number of benzene rings is 2. The van der Waals surface area contributed by atoms with Crippen LogP contribution >= 0.6 is 11.6 Å². The van der Waals surface area contributed by atoms with Crippen molar-refractivity contribution in [1.29, 1.82) is 5.26 Å². The molecule has 0 spiro atoms. The maximum atomic E-state index is 14.4. The van der Waals surface area contributed by atoms with Gasteiger partial charge in [-0.3, -0.25) is 4.79 Å². The fourth-order valence-corrected chi connectivity index (χ4v) is 5.08. The van der Waals surface area contributed by atoms with Crippen LogP contribution in [0, 0.1) is 23.1 Å². The first kappa shape index (κ1) is 27.8. The van der Waals surface area contributed by atoms with Gasteiger partial charge in [0.2, 0.25) is 11.7 Å². The monoisotopic (exact) mass is 563 g/mol. The van der Waals surface area contributed by atoms with E-state index < -0.39 is 5.82 Å². The van der Waals surface area contributed by atoms with Gasteiger partial charge in [-0.25, -0.2) is 4.98 Å². The molecular weight excluding hydrogens is 533 g/mol. The molecule has 2 heterocycles. The molecule has 8 nitrogen and oxygen atoms in total. The van der Waals surface area contributed by atoms with Crippen LogP contribution in [0.15, 0.2) is 48.7 Å². The Morgan fingerprint density at radius 3 is 2.60 bits per heavy atom. The third-order valence-electron chi connectivity index (χ3n) is 7.32. The highest BCUT2D eigenvalue weighted by Crippen LogP contribution is 2.31. The van der Waals surface area contributed by atoms with Crippen LogP contribution in [0.25, 0.3) is 0 Å². The maximum Gasteiger partial charge on any atom is 0.254 e. The number of carbonyl (C=O) groups is 1. The van der Waals surface area contributed by atoms with Crippen LogP contribution in [-0.4, -0.2) is 41.2 Å². The van der Waals surface area contributed by atoms with Crippen LogP contribution in [0.4, 0.5) is 15.8 Å². The van der Waals surface area contributed by atoms with Gasteiger partial charge in [0.25, 0.3) is 5.88 Å². The zero-order valence-electron chi connectivity index (χ0n) is 22.0. The Kier molecular flexibility index (Phi) is 9.09. The van der Waals surface area contributed by atoms with E-state index in [1.54, 1.807) is 24.3 Å². The Hall–Kier alpha value is -3.74. The SMILES string of the molecule is N#Cc1ccc(NCC2CCO2)c(NC(=O)CC2CCC(Oc3nc(Cc4ccc(Cl)cc4)ncc3F)CC2)c1. The van der Waals surface area contributed by atoms with Crippen molar-refractivity contribution in [2.24, 2.45) is 5.92 Å². The van der Waals surface area contributed by atoms with Crippen LogP contribution < -0.4 is 15.4 Å². The van der Waals surface area contributed by atoms with Crippen LogP contribution in [0.2, 0.25) is 5.02 Å². The predicted octanol–water partition coefficient (Wildman–Crippen LogP) is 5.90. The second-order valence-corrected chi connectivity index (χ2v) is 10.7. The lowest BCUT2D eigenvalue weighted by Crippen LogP contribution is -2.33. The molecule has 0 bridgehead atoms. The van der Waals surface area contributed by atoms with Crippen molar-refractivity contribution < 1.29 is 18.7 Å². The molecule has 2 N–H and O–H groups in total. The quantitative estimate of drug-likeness (QED) is 0.316. The van der Waals surface area contributed by atoms with Gasteiger partial charge in [-0.05, 0) is 73.9 Å². The van der Waals surface area contributed by atoms with Gasteiger partial charge in [0.05, 0.1) is 35.3 Å². The van der Waals surface area contributed by atoms with Gasteiger partial charge in [-0.2, -0.15) is 14.6 Å². The molecule has 208 valence electrons. The van der Waals surface area contributed by atoms with Crippen LogP contribution in [0.1, 0.15) is 55.5 Å². The van der Waals surface area contributed by atoms with Crippen molar-refractivity contribution in [2.75, 3.05) is 23.8 Å². The van der Waals surface area contributed by atoms with Gasteiger partial charge in [0, 0.05) is 31.0 Å². The van der Waals surface area contributed by atoms with Gasteiger partial charge in [0.15, 0.2) is 0 Å². The number of amides is 1. The van der Waals surface area contributed by atoms with Gasteiger partial charge >= 0.3 is 0 Å². The summed E-state index contributed by atoms with van der Waals surface area (Å²) in [5.74, 6) is -0.0664. The summed E-state index contributed by atoms with van der Waals surface area (Å²) in [5.41, 5.74) is 2.80. The van der Waals surface area contributed by atoms with E-state index in [2.05, 4.69) is 26.7 Å².